The Morgan fingerprint density at radius 2 is 1.20 bits per heavy atom. The van der Waals surface area contributed by atoms with E-state index >= 15 is 0 Å². The predicted octanol–water partition coefficient (Wildman–Crippen LogP) is 4.01. The van der Waals surface area contributed by atoms with E-state index in [1.807, 2.05) is 24.3 Å². The van der Waals surface area contributed by atoms with Crippen LogP contribution in [0.1, 0.15) is 5.56 Å². The van der Waals surface area contributed by atoms with E-state index in [1.54, 1.807) is 4.40 Å². The summed E-state index contributed by atoms with van der Waals surface area (Å²) in [6.45, 7) is 0. The first-order valence-corrected chi connectivity index (χ1v) is 7.53. The number of nitrogens with zero attached hydrogens (tertiary/aromatic N) is 1. The van der Waals surface area contributed by atoms with E-state index in [0.29, 0.717) is 11.0 Å². The molecule has 0 radical (unpaired) electrons. The highest BCUT2D eigenvalue weighted by atomic mass is 19.4. The van der Waals surface area contributed by atoms with Crippen LogP contribution in [0.4, 0.5) is 13.2 Å². The molecule has 0 saturated carbocycles. The van der Waals surface area contributed by atoms with Gasteiger partial charge in [-0.2, -0.15) is 13.2 Å². The average molecular weight is 339 g/mol. The Morgan fingerprint density at radius 1 is 0.720 bits per heavy atom. The van der Waals surface area contributed by atoms with Crippen LogP contribution in [-0.4, -0.2) is 4.40 Å². The molecule has 0 unspecified atom stereocenters. The third-order valence-corrected chi connectivity index (χ3v) is 4.69. The minimum Gasteiger partial charge on any atom is -0.307 e. The van der Waals surface area contributed by atoms with Crippen LogP contribution in [0.5, 0.6) is 0 Å². The summed E-state index contributed by atoms with van der Waals surface area (Å²) in [6, 6.07) is 11.6. The first kappa shape index (κ1) is 14.2. The standard InChI is InChI=1S/C19H8F3NO2/c20-19(21,22)9-5-12-16(24)7-14-10-3-1-2-4-11(10)15-8-17(25)13(6-9)18(12)23(14)15/h1-8H. The van der Waals surface area contributed by atoms with Gasteiger partial charge in [0.25, 0.3) is 0 Å². The molecule has 5 rings (SSSR count). The number of fused-ring (bicyclic) bond motifs is 3. The summed E-state index contributed by atoms with van der Waals surface area (Å²) < 4.78 is 41.2. The lowest BCUT2D eigenvalue weighted by Gasteiger charge is -2.12. The van der Waals surface area contributed by atoms with E-state index in [2.05, 4.69) is 0 Å². The third kappa shape index (κ3) is 1.71. The number of benzene rings is 2. The van der Waals surface area contributed by atoms with Crippen molar-refractivity contribution in [2.75, 3.05) is 0 Å². The van der Waals surface area contributed by atoms with Crippen molar-refractivity contribution in [1.82, 2.24) is 4.40 Å². The fraction of sp³-hybridized carbons (Fsp3) is 0.0526. The zero-order valence-electron chi connectivity index (χ0n) is 12.5. The number of rotatable bonds is 0. The van der Waals surface area contributed by atoms with Gasteiger partial charge in [0.05, 0.1) is 22.1 Å². The van der Waals surface area contributed by atoms with Crippen LogP contribution in [0.15, 0.2) is 58.1 Å². The molecule has 0 N–H and O–H groups in total. The lowest BCUT2D eigenvalue weighted by Crippen LogP contribution is -2.14. The van der Waals surface area contributed by atoms with E-state index in [1.165, 1.54) is 12.1 Å². The topological polar surface area (TPSA) is 38.5 Å². The Morgan fingerprint density at radius 3 is 1.64 bits per heavy atom. The van der Waals surface area contributed by atoms with Crippen molar-refractivity contribution in [2.45, 2.75) is 6.18 Å². The fourth-order valence-corrected chi connectivity index (χ4v) is 3.64. The van der Waals surface area contributed by atoms with Gasteiger partial charge in [-0.25, -0.2) is 0 Å². The second kappa shape index (κ2) is 4.27. The summed E-state index contributed by atoms with van der Waals surface area (Å²) in [5, 5.41) is 1.38. The second-order valence-corrected chi connectivity index (χ2v) is 6.09. The molecule has 0 amide bonds. The smallest absolute Gasteiger partial charge is 0.307 e. The first-order valence-electron chi connectivity index (χ1n) is 7.53. The van der Waals surface area contributed by atoms with Gasteiger partial charge >= 0.3 is 6.18 Å². The minimum absolute atomic E-state index is 0.0969. The molecule has 0 aliphatic rings. The molecule has 0 saturated heterocycles. The summed E-state index contributed by atoms with van der Waals surface area (Å²) >= 11 is 0. The monoisotopic (exact) mass is 339 g/mol. The van der Waals surface area contributed by atoms with E-state index in [-0.39, 0.29) is 16.3 Å². The number of halogens is 3. The van der Waals surface area contributed by atoms with Gasteiger partial charge in [0.2, 0.25) is 0 Å². The Hall–Kier alpha value is -3.15. The molecule has 0 aliphatic carbocycles. The fourth-order valence-electron chi connectivity index (χ4n) is 3.64. The summed E-state index contributed by atoms with van der Waals surface area (Å²) in [5.41, 5.74) is -0.623. The molecule has 0 bridgehead atoms. The molecule has 0 aliphatic heterocycles. The molecule has 2 aromatic carbocycles. The van der Waals surface area contributed by atoms with Crippen LogP contribution in [-0.2, 0) is 6.18 Å². The van der Waals surface area contributed by atoms with Gasteiger partial charge in [0, 0.05) is 33.7 Å². The van der Waals surface area contributed by atoms with Gasteiger partial charge in [-0.1, -0.05) is 24.3 Å². The van der Waals surface area contributed by atoms with Gasteiger partial charge in [-0.3, -0.25) is 9.59 Å². The minimum atomic E-state index is -4.63. The molecule has 0 atom stereocenters. The molecule has 0 spiro atoms. The van der Waals surface area contributed by atoms with Crippen LogP contribution in [0.2, 0.25) is 0 Å². The zero-order valence-corrected chi connectivity index (χ0v) is 12.5. The van der Waals surface area contributed by atoms with E-state index < -0.39 is 22.6 Å². The zero-order chi connectivity index (χ0) is 17.5. The Bertz CT molecular complexity index is 1320. The van der Waals surface area contributed by atoms with Gasteiger partial charge in [0.15, 0.2) is 10.9 Å². The molecule has 6 heteroatoms. The average Bonchev–Trinajstić information content (AvgIpc) is 2.88. The van der Waals surface area contributed by atoms with Crippen LogP contribution >= 0.6 is 0 Å². The van der Waals surface area contributed by atoms with Crippen molar-refractivity contribution in [3.05, 3.63) is 74.5 Å². The lowest BCUT2D eigenvalue weighted by atomic mass is 10.0. The first-order chi connectivity index (χ1) is 11.9. The van der Waals surface area contributed by atoms with Crippen molar-refractivity contribution >= 4 is 38.1 Å². The van der Waals surface area contributed by atoms with Crippen molar-refractivity contribution < 1.29 is 13.2 Å². The second-order valence-electron chi connectivity index (χ2n) is 6.09. The Kier molecular flexibility index (Phi) is 2.43. The summed E-state index contributed by atoms with van der Waals surface area (Å²) in [5.74, 6) is 0. The summed E-state index contributed by atoms with van der Waals surface area (Å²) in [6.07, 6.45) is -4.63. The summed E-state index contributed by atoms with van der Waals surface area (Å²) in [7, 11) is 0. The maximum atomic E-state index is 13.2. The third-order valence-electron chi connectivity index (χ3n) is 4.69. The van der Waals surface area contributed by atoms with Crippen molar-refractivity contribution in [3.8, 4) is 0 Å². The SMILES string of the molecule is O=c1cc2c3ccccc3c3cc(=O)c4cc(C(F)(F)F)cc1c4n23. The van der Waals surface area contributed by atoms with Gasteiger partial charge in [0.1, 0.15) is 0 Å². The molecule has 122 valence electrons. The van der Waals surface area contributed by atoms with Crippen LogP contribution < -0.4 is 10.9 Å². The van der Waals surface area contributed by atoms with E-state index in [9.17, 15) is 22.8 Å². The van der Waals surface area contributed by atoms with Crippen LogP contribution in [0, 0.1) is 0 Å². The number of aromatic nitrogens is 1. The number of pyridine rings is 2. The lowest BCUT2D eigenvalue weighted by molar-refractivity contribution is -0.137. The molecule has 3 heterocycles. The highest BCUT2D eigenvalue weighted by molar-refractivity contribution is 6.13. The highest BCUT2D eigenvalue weighted by Crippen LogP contribution is 2.36. The molecular formula is C19H8F3NO2. The maximum Gasteiger partial charge on any atom is 0.416 e. The quantitative estimate of drug-likeness (QED) is 0.427. The highest BCUT2D eigenvalue weighted by Gasteiger charge is 2.32. The molecule has 25 heavy (non-hydrogen) atoms. The van der Waals surface area contributed by atoms with Crippen LogP contribution in [0.25, 0.3) is 38.1 Å². The Balaban J connectivity index is 2.18. The number of hydrogen-bond donors (Lipinski definition) is 0. The van der Waals surface area contributed by atoms with Gasteiger partial charge in [-0.15, -0.1) is 0 Å². The van der Waals surface area contributed by atoms with Gasteiger partial charge < -0.3 is 4.40 Å². The Labute approximate surface area is 137 Å². The van der Waals surface area contributed by atoms with E-state index in [0.717, 1.165) is 22.9 Å². The normalized spacial score (nSPS) is 12.9. The predicted molar refractivity (Wildman–Crippen MR) is 89.8 cm³/mol. The molecule has 3 nitrogen and oxygen atoms in total. The van der Waals surface area contributed by atoms with Crippen molar-refractivity contribution in [2.24, 2.45) is 0 Å². The summed E-state index contributed by atoms with van der Waals surface area (Å²) in [4.78, 5) is 25.0. The van der Waals surface area contributed by atoms with Crippen molar-refractivity contribution in [1.29, 1.82) is 0 Å². The largest absolute Gasteiger partial charge is 0.416 e. The number of alkyl halides is 3. The maximum absolute atomic E-state index is 13.2. The number of hydrogen-bond acceptors (Lipinski definition) is 2. The molecule has 5 aromatic rings. The van der Waals surface area contributed by atoms with Crippen molar-refractivity contribution in [3.63, 3.8) is 0 Å². The molecular weight excluding hydrogens is 331 g/mol. The van der Waals surface area contributed by atoms with Gasteiger partial charge in [-0.05, 0) is 12.1 Å². The molecule has 0 fully saturated rings. The molecule has 3 aromatic heterocycles. The van der Waals surface area contributed by atoms with Crippen LogP contribution in [0.3, 0.4) is 0 Å². The van der Waals surface area contributed by atoms with E-state index in [4.69, 9.17) is 0 Å².